The van der Waals surface area contributed by atoms with Crippen LogP contribution in [0.1, 0.15) is 18.4 Å². The van der Waals surface area contributed by atoms with E-state index in [1.165, 1.54) is 0 Å². The average molecular weight is 324 g/mol. The number of nitrogens with two attached hydrogens (primary N) is 1. The van der Waals surface area contributed by atoms with Crippen molar-refractivity contribution in [2.45, 2.75) is 25.4 Å². The summed E-state index contributed by atoms with van der Waals surface area (Å²) in [5, 5.41) is 0. The van der Waals surface area contributed by atoms with Crippen LogP contribution in [0.2, 0.25) is 0 Å². The molecule has 1 aliphatic heterocycles. The van der Waals surface area contributed by atoms with Crippen LogP contribution in [0.4, 0.5) is 5.69 Å². The van der Waals surface area contributed by atoms with Crippen molar-refractivity contribution in [1.29, 1.82) is 0 Å². The summed E-state index contributed by atoms with van der Waals surface area (Å²) in [6.07, 6.45) is 5.59. The molecule has 1 unspecified atom stereocenters. The number of para-hydroxylation sites is 1. The van der Waals surface area contributed by atoms with Gasteiger partial charge >= 0.3 is 0 Å². The second-order valence-corrected chi connectivity index (χ2v) is 6.29. The third-order valence-electron chi connectivity index (χ3n) is 4.35. The highest BCUT2D eigenvalue weighted by Gasteiger charge is 2.23. The monoisotopic (exact) mass is 324 g/mol. The number of rotatable bonds is 5. The first-order chi connectivity index (χ1) is 11.7. The summed E-state index contributed by atoms with van der Waals surface area (Å²) in [4.78, 5) is 20.9. The van der Waals surface area contributed by atoms with Crippen molar-refractivity contribution in [3.05, 3.63) is 60.4 Å². The van der Waals surface area contributed by atoms with E-state index in [0.29, 0.717) is 19.6 Å². The number of likely N-dealkylation sites (tertiary alicyclic amines) is 1. The van der Waals surface area contributed by atoms with Gasteiger partial charge in [-0.1, -0.05) is 24.3 Å². The maximum absolute atomic E-state index is 12.7. The van der Waals surface area contributed by atoms with Crippen molar-refractivity contribution in [1.82, 2.24) is 9.88 Å². The molecule has 0 aliphatic carbocycles. The van der Waals surface area contributed by atoms with E-state index in [-0.39, 0.29) is 11.9 Å². The molecule has 1 saturated heterocycles. The Morgan fingerprint density at radius 1 is 1.25 bits per heavy atom. The SMILES string of the molecule is NC1CCCN(C(=O)CN(Cc2cccnc2)c2ccccc2)C1. The number of nitrogens with zero attached hydrogens (tertiary/aromatic N) is 3. The molecule has 2 N–H and O–H groups in total. The van der Waals surface area contributed by atoms with E-state index in [1.807, 2.05) is 53.6 Å². The Morgan fingerprint density at radius 2 is 2.08 bits per heavy atom. The Kier molecular flexibility index (Phi) is 5.43. The summed E-state index contributed by atoms with van der Waals surface area (Å²) in [6, 6.07) is 14.1. The van der Waals surface area contributed by atoms with Crippen LogP contribution >= 0.6 is 0 Å². The quantitative estimate of drug-likeness (QED) is 0.914. The molecule has 1 fully saturated rings. The zero-order valence-electron chi connectivity index (χ0n) is 13.8. The van der Waals surface area contributed by atoms with Gasteiger partial charge in [-0.3, -0.25) is 9.78 Å². The number of aromatic nitrogens is 1. The van der Waals surface area contributed by atoms with Gasteiger partial charge in [-0.05, 0) is 36.6 Å². The fraction of sp³-hybridized carbons (Fsp3) is 0.368. The van der Waals surface area contributed by atoms with Gasteiger partial charge in [0.25, 0.3) is 0 Å². The van der Waals surface area contributed by atoms with E-state index >= 15 is 0 Å². The van der Waals surface area contributed by atoms with Crippen LogP contribution in [0.25, 0.3) is 0 Å². The number of anilines is 1. The van der Waals surface area contributed by atoms with E-state index < -0.39 is 0 Å². The highest BCUT2D eigenvalue weighted by Crippen LogP contribution is 2.17. The smallest absolute Gasteiger partial charge is 0.242 e. The Balaban J connectivity index is 1.73. The summed E-state index contributed by atoms with van der Waals surface area (Å²) in [5.74, 6) is 0.137. The fourth-order valence-electron chi connectivity index (χ4n) is 3.09. The second-order valence-electron chi connectivity index (χ2n) is 6.29. The molecular weight excluding hydrogens is 300 g/mol. The average Bonchev–Trinajstić information content (AvgIpc) is 2.63. The van der Waals surface area contributed by atoms with Gasteiger partial charge in [0.2, 0.25) is 5.91 Å². The summed E-state index contributed by atoms with van der Waals surface area (Å²) in [5.41, 5.74) is 8.14. The zero-order chi connectivity index (χ0) is 16.8. The third kappa shape index (κ3) is 4.32. The van der Waals surface area contributed by atoms with Crippen molar-refractivity contribution in [3.63, 3.8) is 0 Å². The van der Waals surface area contributed by atoms with Crippen molar-refractivity contribution in [2.24, 2.45) is 5.73 Å². The summed E-state index contributed by atoms with van der Waals surface area (Å²) in [7, 11) is 0. The van der Waals surface area contributed by atoms with Crippen LogP contribution in [-0.2, 0) is 11.3 Å². The summed E-state index contributed by atoms with van der Waals surface area (Å²) in [6.45, 7) is 2.48. The largest absolute Gasteiger partial charge is 0.358 e. The molecule has 2 heterocycles. The predicted molar refractivity (Wildman–Crippen MR) is 95.5 cm³/mol. The van der Waals surface area contributed by atoms with Crippen LogP contribution in [0.15, 0.2) is 54.9 Å². The standard InChI is InChI=1S/C19H24N4O/c20-17-7-5-11-22(14-17)19(24)15-23(18-8-2-1-3-9-18)13-16-6-4-10-21-12-16/h1-4,6,8-10,12,17H,5,7,11,13-15,20H2. The lowest BCUT2D eigenvalue weighted by atomic mass is 10.1. The molecule has 1 atom stereocenters. The normalized spacial score (nSPS) is 17.5. The van der Waals surface area contributed by atoms with Gasteiger partial charge in [-0.25, -0.2) is 0 Å². The molecule has 2 aromatic rings. The minimum atomic E-state index is 0.103. The molecular formula is C19H24N4O. The van der Waals surface area contributed by atoms with Crippen LogP contribution in [0.5, 0.6) is 0 Å². The van der Waals surface area contributed by atoms with Crippen LogP contribution < -0.4 is 10.6 Å². The molecule has 1 aliphatic rings. The lowest BCUT2D eigenvalue weighted by molar-refractivity contribution is -0.130. The first-order valence-corrected chi connectivity index (χ1v) is 8.44. The van der Waals surface area contributed by atoms with E-state index in [0.717, 1.165) is 30.6 Å². The molecule has 24 heavy (non-hydrogen) atoms. The topological polar surface area (TPSA) is 62.5 Å². The van der Waals surface area contributed by atoms with Crippen LogP contribution in [0.3, 0.4) is 0 Å². The predicted octanol–water partition coefficient (Wildman–Crippen LogP) is 2.04. The lowest BCUT2D eigenvalue weighted by Gasteiger charge is -2.33. The maximum atomic E-state index is 12.7. The highest BCUT2D eigenvalue weighted by atomic mass is 16.2. The van der Waals surface area contributed by atoms with Gasteiger partial charge < -0.3 is 15.5 Å². The first kappa shape index (κ1) is 16.5. The minimum absolute atomic E-state index is 0.103. The van der Waals surface area contributed by atoms with Gasteiger partial charge in [-0.15, -0.1) is 0 Å². The maximum Gasteiger partial charge on any atom is 0.242 e. The molecule has 126 valence electrons. The summed E-state index contributed by atoms with van der Waals surface area (Å²) >= 11 is 0. The number of hydrogen-bond donors (Lipinski definition) is 1. The molecule has 3 rings (SSSR count). The van der Waals surface area contributed by atoms with Crippen LogP contribution in [-0.4, -0.2) is 41.5 Å². The van der Waals surface area contributed by atoms with Gasteiger partial charge in [0.1, 0.15) is 0 Å². The highest BCUT2D eigenvalue weighted by molar-refractivity contribution is 5.81. The lowest BCUT2D eigenvalue weighted by Crippen LogP contribution is -2.49. The molecule has 1 aromatic heterocycles. The first-order valence-electron chi connectivity index (χ1n) is 8.44. The Bertz CT molecular complexity index is 647. The van der Waals surface area contributed by atoms with Gasteiger partial charge in [0.15, 0.2) is 0 Å². The summed E-state index contributed by atoms with van der Waals surface area (Å²) < 4.78 is 0. The fourth-order valence-corrected chi connectivity index (χ4v) is 3.09. The van der Waals surface area contributed by atoms with Crippen LogP contribution in [0, 0.1) is 0 Å². The molecule has 5 nitrogen and oxygen atoms in total. The number of hydrogen-bond acceptors (Lipinski definition) is 4. The van der Waals surface area contributed by atoms with Gasteiger partial charge in [0.05, 0.1) is 6.54 Å². The Hall–Kier alpha value is -2.40. The number of amides is 1. The van der Waals surface area contributed by atoms with Gasteiger partial charge in [0, 0.05) is 43.8 Å². The number of carbonyl (C=O) groups is 1. The molecule has 1 aromatic carbocycles. The second kappa shape index (κ2) is 7.93. The Labute approximate surface area is 143 Å². The molecule has 0 saturated carbocycles. The van der Waals surface area contributed by atoms with E-state index in [2.05, 4.69) is 9.88 Å². The zero-order valence-corrected chi connectivity index (χ0v) is 13.8. The number of benzene rings is 1. The van der Waals surface area contributed by atoms with Crippen molar-refractivity contribution < 1.29 is 4.79 Å². The minimum Gasteiger partial charge on any atom is -0.358 e. The van der Waals surface area contributed by atoms with E-state index in [1.54, 1.807) is 6.20 Å². The molecule has 0 radical (unpaired) electrons. The van der Waals surface area contributed by atoms with Crippen molar-refractivity contribution in [2.75, 3.05) is 24.5 Å². The van der Waals surface area contributed by atoms with Crippen molar-refractivity contribution >= 4 is 11.6 Å². The van der Waals surface area contributed by atoms with Gasteiger partial charge in [-0.2, -0.15) is 0 Å². The molecule has 1 amide bonds. The molecule has 5 heteroatoms. The molecule has 0 spiro atoms. The number of pyridine rings is 1. The van der Waals surface area contributed by atoms with E-state index in [9.17, 15) is 4.79 Å². The number of piperidine rings is 1. The third-order valence-corrected chi connectivity index (χ3v) is 4.35. The molecule has 0 bridgehead atoms. The van der Waals surface area contributed by atoms with Crippen molar-refractivity contribution in [3.8, 4) is 0 Å². The van der Waals surface area contributed by atoms with E-state index in [4.69, 9.17) is 5.73 Å². The number of carbonyl (C=O) groups excluding carboxylic acids is 1. The Morgan fingerprint density at radius 3 is 2.79 bits per heavy atom.